The minimum atomic E-state index is 0.317. The number of allylic oxidation sites excluding steroid dienone is 1. The molecule has 0 bridgehead atoms. The van der Waals surface area contributed by atoms with Crippen LogP contribution >= 0.6 is 0 Å². The molecule has 30 heavy (non-hydrogen) atoms. The number of nitrogens with zero attached hydrogens (tertiary/aromatic N) is 5. The lowest BCUT2D eigenvalue weighted by Crippen LogP contribution is -2.26. The van der Waals surface area contributed by atoms with E-state index < -0.39 is 0 Å². The average molecular weight is 405 g/mol. The van der Waals surface area contributed by atoms with E-state index in [9.17, 15) is 0 Å². The van der Waals surface area contributed by atoms with Crippen LogP contribution in [0.25, 0.3) is 10.9 Å². The van der Waals surface area contributed by atoms with Gasteiger partial charge in [0.15, 0.2) is 5.82 Å². The van der Waals surface area contributed by atoms with Crippen LogP contribution in [-0.4, -0.2) is 46.4 Å². The molecule has 2 aliphatic rings. The largest absolute Gasteiger partial charge is 0.402 e. The number of nitriles is 1. The van der Waals surface area contributed by atoms with Crippen LogP contribution in [0.2, 0.25) is 0 Å². The summed E-state index contributed by atoms with van der Waals surface area (Å²) in [6.45, 7) is 4.82. The molecule has 156 valence electrons. The van der Waals surface area contributed by atoms with E-state index >= 15 is 0 Å². The van der Waals surface area contributed by atoms with Crippen LogP contribution < -0.4 is 16.8 Å². The zero-order chi connectivity index (χ0) is 21.1. The van der Waals surface area contributed by atoms with Crippen molar-refractivity contribution in [3.63, 3.8) is 0 Å². The zero-order valence-corrected chi connectivity index (χ0v) is 17.3. The maximum atomic E-state index is 8.80. The number of anilines is 1. The maximum Gasteiger partial charge on any atom is 0.225 e. The highest BCUT2D eigenvalue weighted by atomic mass is 15.2. The van der Waals surface area contributed by atoms with Crippen molar-refractivity contribution in [1.29, 1.82) is 5.26 Å². The van der Waals surface area contributed by atoms with Gasteiger partial charge in [0.25, 0.3) is 0 Å². The predicted octanol–water partition coefficient (Wildman–Crippen LogP) is 2.52. The molecule has 2 aromatic rings. The van der Waals surface area contributed by atoms with Gasteiger partial charge in [0.1, 0.15) is 5.84 Å². The Morgan fingerprint density at radius 1 is 1.27 bits per heavy atom. The summed E-state index contributed by atoms with van der Waals surface area (Å²) in [5, 5.41) is 13.2. The third-order valence-corrected chi connectivity index (χ3v) is 5.89. The summed E-state index contributed by atoms with van der Waals surface area (Å²) >= 11 is 0. The SMILES string of the molecule is C/C(N)=C/C(N)=Nc1nc(NC2C[C@@H]3CN(CCC#N)C[C@@H]3C2)nc2ccccc12. The number of benzene rings is 1. The number of para-hydroxylation sites is 1. The summed E-state index contributed by atoms with van der Waals surface area (Å²) in [4.78, 5) is 16.2. The molecule has 1 aliphatic heterocycles. The lowest BCUT2D eigenvalue weighted by Gasteiger charge is -2.18. The van der Waals surface area contributed by atoms with Crippen molar-refractivity contribution < 1.29 is 0 Å². The standard InChI is InChI=1S/C22H28N8/c1-14(24)9-20(25)28-21-18-5-2-3-6-19(18)27-22(29-21)26-17-10-15-12-30(8-4-7-23)13-16(15)11-17/h2-3,5-6,9,15-17H,4,8,10-13,24H2,1H3,(H3,25,26,27,28,29)/b14-9-/t15-,16+,17?. The van der Waals surface area contributed by atoms with Gasteiger partial charge in [-0.2, -0.15) is 10.2 Å². The van der Waals surface area contributed by atoms with E-state index in [2.05, 4.69) is 26.3 Å². The molecule has 1 unspecified atom stereocenters. The van der Waals surface area contributed by atoms with Gasteiger partial charge in [0.05, 0.1) is 11.6 Å². The van der Waals surface area contributed by atoms with Gasteiger partial charge in [-0.25, -0.2) is 9.98 Å². The Balaban J connectivity index is 1.51. The third-order valence-electron chi connectivity index (χ3n) is 5.89. The molecule has 2 heterocycles. The molecule has 2 fully saturated rings. The molecule has 8 nitrogen and oxygen atoms in total. The third kappa shape index (κ3) is 4.52. The summed E-state index contributed by atoms with van der Waals surface area (Å²) in [7, 11) is 0. The minimum absolute atomic E-state index is 0.317. The minimum Gasteiger partial charge on any atom is -0.402 e. The van der Waals surface area contributed by atoms with Crippen LogP contribution in [0.1, 0.15) is 26.2 Å². The Labute approximate surface area is 176 Å². The van der Waals surface area contributed by atoms with Gasteiger partial charge < -0.3 is 21.7 Å². The lowest BCUT2D eigenvalue weighted by atomic mass is 10.0. The first kappa shape index (κ1) is 20.1. The van der Waals surface area contributed by atoms with Gasteiger partial charge in [-0.05, 0) is 49.8 Å². The molecule has 1 aromatic carbocycles. The molecule has 1 aliphatic carbocycles. The van der Waals surface area contributed by atoms with Gasteiger partial charge in [-0.15, -0.1) is 0 Å². The highest BCUT2D eigenvalue weighted by Gasteiger charge is 2.40. The first-order valence-electron chi connectivity index (χ1n) is 10.4. The van der Waals surface area contributed by atoms with Crippen LogP contribution in [0.3, 0.4) is 0 Å². The molecule has 0 radical (unpaired) electrons. The van der Waals surface area contributed by atoms with Crippen molar-refractivity contribution in [2.24, 2.45) is 28.3 Å². The molecule has 1 aromatic heterocycles. The maximum absolute atomic E-state index is 8.80. The number of hydrogen-bond acceptors (Lipinski definition) is 7. The monoisotopic (exact) mass is 404 g/mol. The molecular formula is C22H28N8. The fourth-order valence-electron chi connectivity index (χ4n) is 4.69. The molecule has 1 saturated carbocycles. The summed E-state index contributed by atoms with van der Waals surface area (Å²) in [6.07, 6.45) is 4.43. The molecule has 4 rings (SSSR count). The zero-order valence-electron chi connectivity index (χ0n) is 17.3. The fraction of sp³-hybridized carbons (Fsp3) is 0.455. The smallest absolute Gasteiger partial charge is 0.225 e. The van der Waals surface area contributed by atoms with E-state index in [0.29, 0.717) is 47.6 Å². The molecule has 3 atom stereocenters. The van der Waals surface area contributed by atoms with Crippen LogP contribution in [0.15, 0.2) is 41.0 Å². The topological polar surface area (TPSA) is 129 Å². The van der Waals surface area contributed by atoms with Crippen molar-refractivity contribution in [2.45, 2.75) is 32.2 Å². The van der Waals surface area contributed by atoms with Crippen LogP contribution in [0, 0.1) is 23.2 Å². The van der Waals surface area contributed by atoms with Crippen molar-refractivity contribution >= 4 is 28.5 Å². The first-order valence-corrected chi connectivity index (χ1v) is 10.4. The lowest BCUT2D eigenvalue weighted by molar-refractivity contribution is 0.315. The van der Waals surface area contributed by atoms with Crippen molar-refractivity contribution in [1.82, 2.24) is 14.9 Å². The van der Waals surface area contributed by atoms with Gasteiger partial charge in [0, 0.05) is 43.2 Å². The van der Waals surface area contributed by atoms with E-state index in [1.165, 1.54) is 0 Å². The van der Waals surface area contributed by atoms with Gasteiger partial charge >= 0.3 is 0 Å². The van der Waals surface area contributed by atoms with Crippen molar-refractivity contribution in [3.05, 3.63) is 36.0 Å². The Morgan fingerprint density at radius 3 is 2.70 bits per heavy atom. The Bertz CT molecular complexity index is 1000. The summed E-state index contributed by atoms with van der Waals surface area (Å²) in [5.41, 5.74) is 13.1. The van der Waals surface area contributed by atoms with Crippen LogP contribution in [0.4, 0.5) is 11.8 Å². The Kier molecular flexibility index (Phi) is 5.81. The number of nitrogens with two attached hydrogens (primary N) is 2. The van der Waals surface area contributed by atoms with Gasteiger partial charge in [-0.3, -0.25) is 0 Å². The van der Waals surface area contributed by atoms with E-state index in [1.807, 2.05) is 24.3 Å². The molecule has 8 heteroatoms. The number of aromatic nitrogens is 2. The highest BCUT2D eigenvalue weighted by molar-refractivity contribution is 5.97. The van der Waals surface area contributed by atoms with Crippen LogP contribution in [0.5, 0.6) is 0 Å². The number of hydrogen-bond donors (Lipinski definition) is 3. The molecule has 5 N–H and O–H groups in total. The van der Waals surface area contributed by atoms with E-state index in [1.54, 1.807) is 13.0 Å². The van der Waals surface area contributed by atoms with Crippen molar-refractivity contribution in [3.8, 4) is 6.07 Å². The quantitative estimate of drug-likeness (QED) is 0.498. The van der Waals surface area contributed by atoms with E-state index in [-0.39, 0.29) is 0 Å². The first-order chi connectivity index (χ1) is 14.5. The second-order valence-corrected chi connectivity index (χ2v) is 8.31. The number of fused-ring (bicyclic) bond motifs is 2. The van der Waals surface area contributed by atoms with Crippen molar-refractivity contribution in [2.75, 3.05) is 25.0 Å². The van der Waals surface area contributed by atoms with Gasteiger partial charge in [-0.1, -0.05) is 12.1 Å². The summed E-state index contributed by atoms with van der Waals surface area (Å²) in [6, 6.07) is 10.4. The van der Waals surface area contributed by atoms with E-state index in [0.717, 1.165) is 43.4 Å². The predicted molar refractivity (Wildman–Crippen MR) is 119 cm³/mol. The molecule has 0 spiro atoms. The number of nitrogens with one attached hydrogen (secondary N) is 1. The number of aliphatic imine (C=N–C) groups is 1. The normalized spacial score (nSPS) is 24.7. The second kappa shape index (κ2) is 8.67. The van der Waals surface area contributed by atoms with E-state index in [4.69, 9.17) is 21.7 Å². The molecule has 1 saturated heterocycles. The average Bonchev–Trinajstić information content (AvgIpc) is 3.23. The highest BCUT2D eigenvalue weighted by Crippen LogP contribution is 2.39. The number of amidine groups is 1. The summed E-state index contributed by atoms with van der Waals surface area (Å²) < 4.78 is 0. The Morgan fingerprint density at radius 2 is 2.00 bits per heavy atom. The number of likely N-dealkylation sites (tertiary alicyclic amines) is 1. The molecular weight excluding hydrogens is 376 g/mol. The number of rotatable bonds is 6. The second-order valence-electron chi connectivity index (χ2n) is 8.31. The van der Waals surface area contributed by atoms with Gasteiger partial charge in [0.2, 0.25) is 5.95 Å². The Hall–Kier alpha value is -3.18. The molecule has 0 amide bonds. The van der Waals surface area contributed by atoms with Crippen LogP contribution in [-0.2, 0) is 0 Å². The fourth-order valence-corrected chi connectivity index (χ4v) is 4.69. The summed E-state index contributed by atoms with van der Waals surface area (Å²) in [5.74, 6) is 2.79.